The fraction of sp³-hybridized carbons (Fsp3) is 1.00. The highest BCUT2D eigenvalue weighted by Crippen LogP contribution is 2.33. The zero-order valence-corrected chi connectivity index (χ0v) is 12.1. The Hall–Kier alpha value is -0.120. The van der Waals surface area contributed by atoms with Crippen molar-refractivity contribution in [2.24, 2.45) is 5.92 Å². The molecule has 18 heavy (non-hydrogen) atoms. The Morgan fingerprint density at radius 2 is 1.72 bits per heavy atom. The molecule has 0 radical (unpaired) electrons. The fourth-order valence-corrected chi connectivity index (χ4v) is 3.46. The van der Waals surface area contributed by atoms with Gasteiger partial charge in [0.2, 0.25) is 0 Å². The summed E-state index contributed by atoms with van der Waals surface area (Å²) in [4.78, 5) is 5.38. The predicted molar refractivity (Wildman–Crippen MR) is 75.8 cm³/mol. The Morgan fingerprint density at radius 1 is 1.00 bits per heavy atom. The molecule has 0 aromatic heterocycles. The molecule has 3 aliphatic rings. The van der Waals surface area contributed by atoms with Crippen molar-refractivity contribution >= 4 is 0 Å². The Labute approximate surface area is 112 Å². The monoisotopic (exact) mass is 251 g/mol. The lowest BCUT2D eigenvalue weighted by Crippen LogP contribution is -2.57. The van der Waals surface area contributed by atoms with E-state index in [0.717, 1.165) is 24.0 Å². The van der Waals surface area contributed by atoms with Crippen molar-refractivity contribution in [1.82, 2.24) is 15.1 Å². The van der Waals surface area contributed by atoms with Gasteiger partial charge in [-0.2, -0.15) is 0 Å². The Kier molecular flexibility index (Phi) is 3.92. The average Bonchev–Trinajstić information content (AvgIpc) is 3.12. The molecule has 1 aliphatic heterocycles. The summed E-state index contributed by atoms with van der Waals surface area (Å²) in [6.07, 6.45) is 5.74. The van der Waals surface area contributed by atoms with Crippen LogP contribution in [0.25, 0.3) is 0 Å². The number of piperazine rings is 1. The van der Waals surface area contributed by atoms with E-state index >= 15 is 0 Å². The average molecular weight is 251 g/mol. The maximum Gasteiger partial charge on any atom is 0.0137 e. The lowest BCUT2D eigenvalue weighted by molar-refractivity contribution is 0.0133. The summed E-state index contributed by atoms with van der Waals surface area (Å²) in [5.74, 6) is 0.941. The van der Waals surface area contributed by atoms with E-state index in [1.54, 1.807) is 0 Å². The minimum absolute atomic E-state index is 0.723. The minimum Gasteiger partial charge on any atom is -0.314 e. The smallest absolute Gasteiger partial charge is 0.0137 e. The lowest BCUT2D eigenvalue weighted by atomic mass is 9.78. The quantitative estimate of drug-likeness (QED) is 0.800. The molecule has 3 fully saturated rings. The maximum absolute atomic E-state index is 3.72. The summed E-state index contributed by atoms with van der Waals surface area (Å²) in [7, 11) is 0. The van der Waals surface area contributed by atoms with E-state index in [0.29, 0.717) is 0 Å². The second-order valence-electron chi connectivity index (χ2n) is 6.75. The molecule has 1 saturated heterocycles. The summed E-state index contributed by atoms with van der Waals surface area (Å²) >= 11 is 0. The van der Waals surface area contributed by atoms with Crippen LogP contribution < -0.4 is 5.32 Å². The van der Waals surface area contributed by atoms with Crippen molar-refractivity contribution in [3.05, 3.63) is 0 Å². The fourth-order valence-electron chi connectivity index (χ4n) is 3.46. The van der Waals surface area contributed by atoms with Crippen LogP contribution in [-0.2, 0) is 0 Å². The van der Waals surface area contributed by atoms with Crippen molar-refractivity contribution in [2.45, 2.75) is 57.7 Å². The first-order valence-electron chi connectivity index (χ1n) is 7.95. The number of hydrogen-bond donors (Lipinski definition) is 1. The standard InChI is InChI=1S/C15H29N3/c1-12(2)17-7-9-18(10-8-17)15-6-3-13(15)11-16-14-4-5-14/h12-16H,3-11H2,1-2H3. The van der Waals surface area contributed by atoms with Crippen LogP contribution >= 0.6 is 0 Å². The van der Waals surface area contributed by atoms with Crippen LogP contribution in [0.4, 0.5) is 0 Å². The van der Waals surface area contributed by atoms with Gasteiger partial charge in [0, 0.05) is 44.3 Å². The number of hydrogen-bond acceptors (Lipinski definition) is 3. The summed E-state index contributed by atoms with van der Waals surface area (Å²) in [6, 6.07) is 2.50. The first kappa shape index (κ1) is 12.9. The first-order valence-corrected chi connectivity index (χ1v) is 7.95. The van der Waals surface area contributed by atoms with E-state index in [1.807, 2.05) is 0 Å². The van der Waals surface area contributed by atoms with Gasteiger partial charge in [0.05, 0.1) is 0 Å². The zero-order valence-electron chi connectivity index (χ0n) is 12.1. The molecule has 0 aromatic carbocycles. The van der Waals surface area contributed by atoms with E-state index in [4.69, 9.17) is 0 Å². The van der Waals surface area contributed by atoms with Gasteiger partial charge in [-0.1, -0.05) is 0 Å². The van der Waals surface area contributed by atoms with Gasteiger partial charge < -0.3 is 5.32 Å². The third-order valence-electron chi connectivity index (χ3n) is 5.17. The highest BCUT2D eigenvalue weighted by Gasteiger charge is 2.37. The van der Waals surface area contributed by atoms with Gasteiger partial charge in [-0.15, -0.1) is 0 Å². The van der Waals surface area contributed by atoms with E-state index in [-0.39, 0.29) is 0 Å². The molecule has 104 valence electrons. The minimum atomic E-state index is 0.723. The molecule has 2 aliphatic carbocycles. The van der Waals surface area contributed by atoms with Gasteiger partial charge in [-0.05, 0) is 52.0 Å². The van der Waals surface area contributed by atoms with Crippen molar-refractivity contribution in [3.63, 3.8) is 0 Å². The molecule has 1 heterocycles. The normalized spacial score (nSPS) is 34.8. The van der Waals surface area contributed by atoms with Gasteiger partial charge >= 0.3 is 0 Å². The Balaban J connectivity index is 1.41. The van der Waals surface area contributed by atoms with Gasteiger partial charge in [0.1, 0.15) is 0 Å². The summed E-state index contributed by atoms with van der Waals surface area (Å²) < 4.78 is 0. The van der Waals surface area contributed by atoms with Crippen LogP contribution in [0.2, 0.25) is 0 Å². The zero-order chi connectivity index (χ0) is 12.5. The SMILES string of the molecule is CC(C)N1CCN(C2CCC2CNC2CC2)CC1. The molecule has 0 bridgehead atoms. The van der Waals surface area contributed by atoms with E-state index in [9.17, 15) is 0 Å². The van der Waals surface area contributed by atoms with E-state index < -0.39 is 0 Å². The number of nitrogens with one attached hydrogen (secondary N) is 1. The van der Waals surface area contributed by atoms with Crippen molar-refractivity contribution in [1.29, 1.82) is 0 Å². The van der Waals surface area contributed by atoms with Crippen molar-refractivity contribution in [2.75, 3.05) is 32.7 Å². The lowest BCUT2D eigenvalue weighted by Gasteiger charge is -2.48. The third-order valence-corrected chi connectivity index (χ3v) is 5.17. The number of rotatable bonds is 5. The second-order valence-corrected chi connectivity index (χ2v) is 6.75. The van der Waals surface area contributed by atoms with Crippen molar-refractivity contribution in [3.8, 4) is 0 Å². The molecule has 1 N–H and O–H groups in total. The summed E-state index contributed by atoms with van der Waals surface area (Å²) in [6.45, 7) is 11.1. The highest BCUT2D eigenvalue weighted by molar-refractivity contribution is 4.94. The van der Waals surface area contributed by atoms with E-state index in [2.05, 4.69) is 29.0 Å². The van der Waals surface area contributed by atoms with Crippen LogP contribution in [-0.4, -0.2) is 60.6 Å². The molecule has 2 atom stereocenters. The number of nitrogens with zero attached hydrogens (tertiary/aromatic N) is 2. The van der Waals surface area contributed by atoms with Gasteiger partial charge in [0.15, 0.2) is 0 Å². The van der Waals surface area contributed by atoms with Gasteiger partial charge in [0.25, 0.3) is 0 Å². The molecular formula is C15H29N3. The molecule has 2 unspecified atom stereocenters. The van der Waals surface area contributed by atoms with Crippen LogP contribution in [0, 0.1) is 5.92 Å². The molecule has 2 saturated carbocycles. The molecule has 0 amide bonds. The molecule has 0 aromatic rings. The van der Waals surface area contributed by atoms with Crippen LogP contribution in [0.15, 0.2) is 0 Å². The van der Waals surface area contributed by atoms with Crippen molar-refractivity contribution < 1.29 is 0 Å². The van der Waals surface area contributed by atoms with Gasteiger partial charge in [-0.25, -0.2) is 0 Å². The summed E-state index contributed by atoms with van der Waals surface area (Å²) in [5, 5.41) is 3.72. The molecular weight excluding hydrogens is 222 g/mol. The van der Waals surface area contributed by atoms with Gasteiger partial charge in [-0.3, -0.25) is 9.80 Å². The molecule has 3 nitrogen and oxygen atoms in total. The second kappa shape index (κ2) is 5.48. The largest absolute Gasteiger partial charge is 0.314 e. The van der Waals surface area contributed by atoms with E-state index in [1.165, 1.54) is 58.4 Å². The topological polar surface area (TPSA) is 18.5 Å². The predicted octanol–water partition coefficient (Wildman–Crippen LogP) is 1.54. The van der Waals surface area contributed by atoms with Crippen LogP contribution in [0.1, 0.15) is 39.5 Å². The first-order chi connectivity index (χ1) is 8.74. The van der Waals surface area contributed by atoms with Crippen LogP contribution in [0.5, 0.6) is 0 Å². The molecule has 3 heteroatoms. The highest BCUT2D eigenvalue weighted by atomic mass is 15.3. The Morgan fingerprint density at radius 3 is 2.22 bits per heavy atom. The summed E-state index contributed by atoms with van der Waals surface area (Å²) in [5.41, 5.74) is 0. The maximum atomic E-state index is 3.72. The Bertz CT molecular complexity index is 267. The molecule has 0 spiro atoms. The molecule has 3 rings (SSSR count). The van der Waals surface area contributed by atoms with Crippen LogP contribution in [0.3, 0.4) is 0 Å². The third kappa shape index (κ3) is 2.89.